The molecule has 1 saturated heterocycles. The third-order valence-corrected chi connectivity index (χ3v) is 3.55. The molecule has 0 spiro atoms. The lowest BCUT2D eigenvalue weighted by Gasteiger charge is -2.39. The van der Waals surface area contributed by atoms with Crippen LogP contribution in [0.4, 0.5) is 5.82 Å². The fourth-order valence-electron chi connectivity index (χ4n) is 2.30. The highest BCUT2D eigenvalue weighted by Gasteiger charge is 2.34. The molecule has 2 rings (SSSR count). The number of aromatic nitrogens is 1. The van der Waals surface area contributed by atoms with E-state index in [1.165, 1.54) is 12.1 Å². The summed E-state index contributed by atoms with van der Waals surface area (Å²) in [4.78, 5) is 24.6. The second-order valence-corrected chi connectivity index (χ2v) is 5.49. The summed E-state index contributed by atoms with van der Waals surface area (Å²) in [7, 11) is 0. The van der Waals surface area contributed by atoms with Gasteiger partial charge in [-0.15, -0.1) is 0 Å². The van der Waals surface area contributed by atoms with Gasteiger partial charge in [-0.05, 0) is 29.4 Å². The molecule has 1 unspecified atom stereocenters. The SMILES string of the molecule is CC1(C)CNCCC1NC(=O)c1ccc([N+](=O)[O-])[nH]1. The first kappa shape index (κ1) is 13.5. The van der Waals surface area contributed by atoms with E-state index in [2.05, 4.69) is 29.5 Å². The summed E-state index contributed by atoms with van der Waals surface area (Å²) in [6.45, 7) is 5.87. The maximum atomic E-state index is 12.1. The third kappa shape index (κ3) is 2.93. The van der Waals surface area contributed by atoms with Crippen LogP contribution in [0.15, 0.2) is 12.1 Å². The third-order valence-electron chi connectivity index (χ3n) is 3.55. The molecule has 0 aromatic carbocycles. The van der Waals surface area contributed by atoms with Crippen LogP contribution in [0, 0.1) is 15.5 Å². The van der Waals surface area contributed by atoms with Crippen LogP contribution in [-0.2, 0) is 0 Å². The van der Waals surface area contributed by atoms with Gasteiger partial charge in [-0.3, -0.25) is 4.79 Å². The highest BCUT2D eigenvalue weighted by Crippen LogP contribution is 2.25. The molecule has 7 heteroatoms. The number of rotatable bonds is 3. The summed E-state index contributed by atoms with van der Waals surface area (Å²) in [6, 6.07) is 2.79. The fourth-order valence-corrected chi connectivity index (χ4v) is 2.30. The number of nitro groups is 1. The summed E-state index contributed by atoms with van der Waals surface area (Å²) in [5.41, 5.74) is 0.188. The van der Waals surface area contributed by atoms with E-state index in [1.54, 1.807) is 0 Å². The van der Waals surface area contributed by atoms with E-state index in [0.717, 1.165) is 19.5 Å². The first-order chi connectivity index (χ1) is 8.90. The van der Waals surface area contributed by atoms with Gasteiger partial charge < -0.3 is 20.7 Å². The Balaban J connectivity index is 2.05. The van der Waals surface area contributed by atoms with Crippen LogP contribution in [0.2, 0.25) is 0 Å². The molecule has 7 nitrogen and oxygen atoms in total. The summed E-state index contributed by atoms with van der Waals surface area (Å²) in [6.07, 6.45) is 0.849. The Morgan fingerprint density at radius 1 is 1.53 bits per heavy atom. The first-order valence-electron chi connectivity index (χ1n) is 6.25. The van der Waals surface area contributed by atoms with Gasteiger partial charge in [0, 0.05) is 18.7 Å². The number of carbonyl (C=O) groups excluding carboxylic acids is 1. The summed E-state index contributed by atoms with van der Waals surface area (Å²) in [5.74, 6) is -0.470. The Morgan fingerprint density at radius 3 is 2.84 bits per heavy atom. The van der Waals surface area contributed by atoms with Crippen LogP contribution in [0.3, 0.4) is 0 Å². The summed E-state index contributed by atoms with van der Waals surface area (Å²) in [5, 5.41) is 16.8. The fraction of sp³-hybridized carbons (Fsp3) is 0.583. The van der Waals surface area contributed by atoms with Crippen molar-refractivity contribution >= 4 is 11.7 Å². The quantitative estimate of drug-likeness (QED) is 0.562. The number of piperidine rings is 1. The maximum absolute atomic E-state index is 12.1. The van der Waals surface area contributed by atoms with Crippen molar-refractivity contribution in [3.05, 3.63) is 27.9 Å². The van der Waals surface area contributed by atoms with Crippen LogP contribution in [-0.4, -0.2) is 34.9 Å². The average Bonchev–Trinajstić information content (AvgIpc) is 2.81. The monoisotopic (exact) mass is 266 g/mol. The standard InChI is InChI=1S/C12H18N4O3/c1-12(2)7-13-6-5-9(12)15-11(17)8-3-4-10(14-8)16(18)19/h3-4,9,13-14H,5-7H2,1-2H3,(H,15,17). The van der Waals surface area contributed by atoms with E-state index in [0.29, 0.717) is 0 Å². The Morgan fingerprint density at radius 2 is 2.26 bits per heavy atom. The largest absolute Gasteiger partial charge is 0.358 e. The lowest BCUT2D eigenvalue weighted by Crippen LogP contribution is -2.54. The van der Waals surface area contributed by atoms with Gasteiger partial charge in [0.1, 0.15) is 0 Å². The van der Waals surface area contributed by atoms with Crippen molar-refractivity contribution in [3.63, 3.8) is 0 Å². The molecule has 19 heavy (non-hydrogen) atoms. The van der Waals surface area contributed by atoms with Gasteiger partial charge in [0.25, 0.3) is 5.91 Å². The van der Waals surface area contributed by atoms with Crippen LogP contribution in [0.25, 0.3) is 0 Å². The lowest BCUT2D eigenvalue weighted by molar-refractivity contribution is -0.389. The molecular formula is C12H18N4O3. The van der Waals surface area contributed by atoms with E-state index in [4.69, 9.17) is 0 Å². The molecule has 1 aliphatic heterocycles. The Kier molecular flexibility index (Phi) is 3.57. The normalized spacial score (nSPS) is 21.9. The van der Waals surface area contributed by atoms with Gasteiger partial charge in [0.05, 0.1) is 0 Å². The zero-order chi connectivity index (χ0) is 14.0. The van der Waals surface area contributed by atoms with E-state index < -0.39 is 4.92 Å². The molecule has 0 aliphatic carbocycles. The van der Waals surface area contributed by atoms with E-state index in [9.17, 15) is 14.9 Å². The smallest absolute Gasteiger partial charge is 0.321 e. The molecule has 1 atom stereocenters. The van der Waals surface area contributed by atoms with E-state index >= 15 is 0 Å². The number of carbonyl (C=O) groups is 1. The van der Waals surface area contributed by atoms with Gasteiger partial charge in [0.15, 0.2) is 5.69 Å². The van der Waals surface area contributed by atoms with Crippen molar-refractivity contribution in [3.8, 4) is 0 Å². The molecule has 0 saturated carbocycles. The van der Waals surface area contributed by atoms with Crippen molar-refractivity contribution in [2.75, 3.05) is 13.1 Å². The second-order valence-electron chi connectivity index (χ2n) is 5.49. The van der Waals surface area contributed by atoms with Crippen molar-refractivity contribution in [1.82, 2.24) is 15.6 Å². The van der Waals surface area contributed by atoms with E-state index in [1.807, 2.05) is 0 Å². The number of amides is 1. The Labute approximate surface area is 110 Å². The van der Waals surface area contributed by atoms with Crippen LogP contribution in [0.1, 0.15) is 30.8 Å². The Bertz CT molecular complexity index is 495. The molecule has 1 amide bonds. The minimum atomic E-state index is -0.550. The van der Waals surface area contributed by atoms with Gasteiger partial charge in [-0.25, -0.2) is 4.98 Å². The predicted octanol–water partition coefficient (Wildman–Crippen LogP) is 1.04. The minimum absolute atomic E-state index is 0.0353. The molecule has 3 N–H and O–H groups in total. The zero-order valence-corrected chi connectivity index (χ0v) is 11.0. The molecule has 104 valence electrons. The van der Waals surface area contributed by atoms with E-state index in [-0.39, 0.29) is 28.9 Å². The van der Waals surface area contributed by atoms with Crippen molar-refractivity contribution in [2.45, 2.75) is 26.3 Å². The number of hydrogen-bond donors (Lipinski definition) is 3. The van der Waals surface area contributed by atoms with Crippen molar-refractivity contribution in [1.29, 1.82) is 0 Å². The molecule has 1 aromatic rings. The summed E-state index contributed by atoms with van der Waals surface area (Å²) >= 11 is 0. The maximum Gasteiger partial charge on any atom is 0.321 e. The molecule has 1 aliphatic rings. The van der Waals surface area contributed by atoms with Gasteiger partial charge in [0.2, 0.25) is 0 Å². The average molecular weight is 266 g/mol. The van der Waals surface area contributed by atoms with Gasteiger partial charge >= 0.3 is 5.82 Å². The lowest BCUT2D eigenvalue weighted by atomic mass is 9.80. The number of nitrogens with one attached hydrogen (secondary N) is 3. The first-order valence-corrected chi connectivity index (χ1v) is 6.25. The van der Waals surface area contributed by atoms with Gasteiger partial charge in [-0.1, -0.05) is 13.8 Å². The molecule has 0 radical (unpaired) electrons. The van der Waals surface area contributed by atoms with Crippen LogP contribution < -0.4 is 10.6 Å². The molecule has 0 bridgehead atoms. The van der Waals surface area contributed by atoms with Crippen molar-refractivity contribution < 1.29 is 9.72 Å². The van der Waals surface area contributed by atoms with Crippen molar-refractivity contribution in [2.24, 2.45) is 5.41 Å². The summed E-state index contributed by atoms with van der Waals surface area (Å²) < 4.78 is 0. The highest BCUT2D eigenvalue weighted by molar-refractivity contribution is 5.93. The van der Waals surface area contributed by atoms with Crippen LogP contribution >= 0.6 is 0 Å². The minimum Gasteiger partial charge on any atom is -0.358 e. The molecule has 1 aromatic heterocycles. The number of H-pyrrole nitrogens is 1. The van der Waals surface area contributed by atoms with Gasteiger partial charge in [-0.2, -0.15) is 0 Å². The predicted molar refractivity (Wildman–Crippen MR) is 70.0 cm³/mol. The topological polar surface area (TPSA) is 100 Å². The number of nitrogens with zero attached hydrogens (tertiary/aromatic N) is 1. The number of hydrogen-bond acceptors (Lipinski definition) is 4. The molecular weight excluding hydrogens is 248 g/mol. The highest BCUT2D eigenvalue weighted by atomic mass is 16.6. The zero-order valence-electron chi connectivity index (χ0n) is 11.0. The number of aromatic amines is 1. The van der Waals surface area contributed by atoms with Crippen LogP contribution in [0.5, 0.6) is 0 Å². The molecule has 1 fully saturated rings. The Hall–Kier alpha value is -1.89. The second kappa shape index (κ2) is 5.00. The molecule has 2 heterocycles.